The van der Waals surface area contributed by atoms with Crippen LogP contribution in [0, 0.1) is 5.92 Å². The van der Waals surface area contributed by atoms with Gasteiger partial charge in [-0.05, 0) is 30.5 Å². The number of aromatic nitrogens is 1. The molecule has 3 nitrogen and oxygen atoms in total. The Kier molecular flexibility index (Phi) is 5.04. The van der Waals surface area contributed by atoms with E-state index in [0.717, 1.165) is 31.8 Å². The summed E-state index contributed by atoms with van der Waals surface area (Å²) in [5.41, 5.74) is 0.504. The Morgan fingerprint density at radius 1 is 1.12 bits per heavy atom. The zero-order valence-corrected chi connectivity index (χ0v) is 13.1. The molecule has 128 valence electrons. The van der Waals surface area contributed by atoms with E-state index in [2.05, 4.69) is 22.4 Å². The summed E-state index contributed by atoms with van der Waals surface area (Å²) in [5.74, 6) is 0.854. The fourth-order valence-corrected chi connectivity index (χ4v) is 3.06. The summed E-state index contributed by atoms with van der Waals surface area (Å²) < 4.78 is 43.3. The van der Waals surface area contributed by atoms with Crippen molar-refractivity contribution in [3.63, 3.8) is 0 Å². The molecule has 1 saturated heterocycles. The number of hydrogen-bond acceptors (Lipinski definition) is 3. The highest BCUT2D eigenvalue weighted by atomic mass is 19.4. The van der Waals surface area contributed by atoms with E-state index in [1.807, 2.05) is 18.2 Å². The average molecular weight is 336 g/mol. The molecule has 2 heterocycles. The maximum atomic E-state index is 12.5. The van der Waals surface area contributed by atoms with Gasteiger partial charge in [-0.25, -0.2) is 4.98 Å². The molecule has 0 spiro atoms. The van der Waals surface area contributed by atoms with Crippen molar-refractivity contribution < 1.29 is 17.9 Å². The van der Waals surface area contributed by atoms with Crippen molar-refractivity contribution >= 4 is 0 Å². The van der Waals surface area contributed by atoms with Crippen molar-refractivity contribution in [2.24, 2.45) is 5.92 Å². The first-order valence-corrected chi connectivity index (χ1v) is 7.96. The molecule has 1 N–H and O–H groups in total. The molecule has 1 aromatic heterocycles. The molecule has 1 aliphatic rings. The van der Waals surface area contributed by atoms with E-state index in [9.17, 15) is 13.2 Å². The number of nitrogens with zero attached hydrogens (tertiary/aromatic N) is 1. The second kappa shape index (κ2) is 7.21. The van der Waals surface area contributed by atoms with E-state index in [1.165, 1.54) is 11.6 Å². The van der Waals surface area contributed by atoms with Gasteiger partial charge in [-0.1, -0.05) is 30.3 Å². The number of nitrogens with one attached hydrogen (secondary N) is 1. The van der Waals surface area contributed by atoms with Crippen molar-refractivity contribution in [3.8, 4) is 5.88 Å². The molecule has 0 amide bonds. The first-order valence-electron chi connectivity index (χ1n) is 7.96. The molecule has 1 fully saturated rings. The molecular formula is C18H19F3N2O. The monoisotopic (exact) mass is 336 g/mol. The highest BCUT2D eigenvalue weighted by molar-refractivity contribution is 5.22. The number of halogens is 3. The fraction of sp³-hybridized carbons (Fsp3) is 0.389. The average Bonchev–Trinajstić information content (AvgIpc) is 2.60. The summed E-state index contributed by atoms with van der Waals surface area (Å²) in [6.45, 7) is 2.19. The summed E-state index contributed by atoms with van der Waals surface area (Å²) in [5, 5.41) is 3.35. The normalized spacial score (nSPS) is 21.5. The van der Waals surface area contributed by atoms with Crippen molar-refractivity contribution in [2.75, 3.05) is 19.7 Å². The summed E-state index contributed by atoms with van der Waals surface area (Å²) in [6, 6.07) is 12.5. The minimum atomic E-state index is -4.38. The maximum Gasteiger partial charge on any atom is 0.417 e. The molecule has 0 bridgehead atoms. The number of benzene rings is 1. The topological polar surface area (TPSA) is 34.1 Å². The van der Waals surface area contributed by atoms with E-state index >= 15 is 0 Å². The second-order valence-electron chi connectivity index (χ2n) is 5.96. The van der Waals surface area contributed by atoms with Crippen LogP contribution >= 0.6 is 0 Å². The van der Waals surface area contributed by atoms with E-state index in [0.29, 0.717) is 12.5 Å². The van der Waals surface area contributed by atoms with Gasteiger partial charge in [-0.3, -0.25) is 0 Å². The molecule has 0 aliphatic carbocycles. The first-order chi connectivity index (χ1) is 11.5. The lowest BCUT2D eigenvalue weighted by molar-refractivity contribution is -0.137. The highest BCUT2D eigenvalue weighted by Crippen LogP contribution is 2.31. The van der Waals surface area contributed by atoms with Crippen LogP contribution in [-0.4, -0.2) is 24.7 Å². The number of alkyl halides is 3. The van der Waals surface area contributed by atoms with Gasteiger partial charge >= 0.3 is 6.18 Å². The zero-order valence-electron chi connectivity index (χ0n) is 13.1. The van der Waals surface area contributed by atoms with Gasteiger partial charge in [0.1, 0.15) is 0 Å². The van der Waals surface area contributed by atoms with Crippen molar-refractivity contribution in [2.45, 2.75) is 18.5 Å². The molecular weight excluding hydrogens is 317 g/mol. The Balaban J connectivity index is 1.64. The number of piperidine rings is 1. The van der Waals surface area contributed by atoms with Gasteiger partial charge in [-0.2, -0.15) is 13.2 Å². The SMILES string of the molecule is FC(F)(F)c1ccc(OC[C@@H]2CNCC[C@H]2c2ccccc2)nc1. The highest BCUT2D eigenvalue weighted by Gasteiger charge is 2.31. The van der Waals surface area contributed by atoms with Crippen LogP contribution in [0.2, 0.25) is 0 Å². The lowest BCUT2D eigenvalue weighted by Crippen LogP contribution is -2.38. The van der Waals surface area contributed by atoms with E-state index < -0.39 is 11.7 Å². The molecule has 2 atom stereocenters. The number of ether oxygens (including phenoxy) is 1. The van der Waals surface area contributed by atoms with Crippen LogP contribution in [0.5, 0.6) is 5.88 Å². The molecule has 0 saturated carbocycles. The zero-order chi connectivity index (χ0) is 17.0. The van der Waals surface area contributed by atoms with Gasteiger partial charge in [0.05, 0.1) is 12.2 Å². The van der Waals surface area contributed by atoms with E-state index in [4.69, 9.17) is 4.74 Å². The van der Waals surface area contributed by atoms with Crippen molar-refractivity contribution in [3.05, 3.63) is 59.8 Å². The standard InChI is InChI=1S/C18H19F3N2O/c19-18(20,21)15-6-7-17(23-11-15)24-12-14-10-22-9-8-16(14)13-4-2-1-3-5-13/h1-7,11,14,16,22H,8-10,12H2/t14-,16-/m0/s1. The quantitative estimate of drug-likeness (QED) is 0.920. The van der Waals surface area contributed by atoms with E-state index in [1.54, 1.807) is 0 Å². The molecule has 6 heteroatoms. The van der Waals surface area contributed by atoms with E-state index in [-0.39, 0.29) is 11.8 Å². The Morgan fingerprint density at radius 3 is 2.58 bits per heavy atom. The van der Waals surface area contributed by atoms with Gasteiger partial charge in [-0.15, -0.1) is 0 Å². The number of rotatable bonds is 4. The van der Waals surface area contributed by atoms with Gasteiger partial charge in [0.15, 0.2) is 0 Å². The van der Waals surface area contributed by atoms with Crippen LogP contribution in [0.4, 0.5) is 13.2 Å². The minimum absolute atomic E-state index is 0.223. The molecule has 24 heavy (non-hydrogen) atoms. The van der Waals surface area contributed by atoms with Crippen LogP contribution in [0.15, 0.2) is 48.7 Å². The lowest BCUT2D eigenvalue weighted by Gasteiger charge is -2.32. The maximum absolute atomic E-state index is 12.5. The van der Waals surface area contributed by atoms with Gasteiger partial charge < -0.3 is 10.1 Å². The first kappa shape index (κ1) is 16.8. The Bertz CT molecular complexity index is 644. The predicted octanol–water partition coefficient (Wildman–Crippen LogP) is 3.87. The van der Waals surface area contributed by atoms with Crippen molar-refractivity contribution in [1.82, 2.24) is 10.3 Å². The van der Waals surface area contributed by atoms with Gasteiger partial charge in [0, 0.05) is 24.7 Å². The molecule has 0 unspecified atom stereocenters. The molecule has 0 radical (unpaired) electrons. The summed E-state index contributed by atoms with van der Waals surface area (Å²) in [6.07, 6.45) is -2.56. The van der Waals surface area contributed by atoms with Crippen LogP contribution in [0.25, 0.3) is 0 Å². The molecule has 1 aliphatic heterocycles. The van der Waals surface area contributed by atoms with Gasteiger partial charge in [0.2, 0.25) is 5.88 Å². The van der Waals surface area contributed by atoms with Crippen molar-refractivity contribution in [1.29, 1.82) is 0 Å². The summed E-state index contributed by atoms with van der Waals surface area (Å²) >= 11 is 0. The fourth-order valence-electron chi connectivity index (χ4n) is 3.06. The number of hydrogen-bond donors (Lipinski definition) is 1. The van der Waals surface area contributed by atoms with Gasteiger partial charge in [0.25, 0.3) is 0 Å². The summed E-state index contributed by atoms with van der Waals surface area (Å²) in [4.78, 5) is 3.76. The molecule has 3 rings (SSSR count). The van der Waals surface area contributed by atoms with Crippen LogP contribution in [0.1, 0.15) is 23.5 Å². The van der Waals surface area contributed by atoms with Crippen LogP contribution in [0.3, 0.4) is 0 Å². The molecule has 2 aromatic rings. The number of pyridine rings is 1. The Morgan fingerprint density at radius 2 is 1.92 bits per heavy atom. The molecule has 1 aromatic carbocycles. The third-order valence-corrected chi connectivity index (χ3v) is 4.34. The Labute approximate surface area is 138 Å². The third kappa shape index (κ3) is 4.06. The Hall–Kier alpha value is -2.08. The second-order valence-corrected chi connectivity index (χ2v) is 5.96. The smallest absolute Gasteiger partial charge is 0.417 e. The third-order valence-electron chi connectivity index (χ3n) is 4.34. The predicted molar refractivity (Wildman–Crippen MR) is 84.9 cm³/mol. The van der Waals surface area contributed by atoms with Crippen LogP contribution in [-0.2, 0) is 6.18 Å². The largest absolute Gasteiger partial charge is 0.477 e. The minimum Gasteiger partial charge on any atom is -0.477 e. The lowest BCUT2D eigenvalue weighted by atomic mass is 9.81. The summed E-state index contributed by atoms with van der Waals surface area (Å²) in [7, 11) is 0. The van der Waals surface area contributed by atoms with Crippen LogP contribution < -0.4 is 10.1 Å².